The lowest BCUT2D eigenvalue weighted by Crippen LogP contribution is -2.55. The first-order valence-electron chi connectivity index (χ1n) is 13.1. The molecule has 0 aromatic heterocycles. The molecule has 4 rings (SSSR count). The van der Waals surface area contributed by atoms with E-state index in [-0.39, 0.29) is 37.9 Å². The van der Waals surface area contributed by atoms with Crippen molar-refractivity contribution < 1.29 is 24.5 Å². The van der Waals surface area contributed by atoms with E-state index in [4.69, 9.17) is 16.3 Å². The second-order valence-electron chi connectivity index (χ2n) is 9.95. The van der Waals surface area contributed by atoms with Gasteiger partial charge in [0.2, 0.25) is 11.8 Å². The number of hydrogen-bond donors (Lipinski definition) is 3. The summed E-state index contributed by atoms with van der Waals surface area (Å²) >= 11 is 8.26. The molecule has 3 N–H and O–H groups in total. The van der Waals surface area contributed by atoms with Gasteiger partial charge in [-0.15, -0.1) is 0 Å². The maximum Gasteiger partial charge on any atom is 0.247 e. The van der Waals surface area contributed by atoms with Crippen LogP contribution < -0.4 is 10.1 Å². The highest BCUT2D eigenvalue weighted by Crippen LogP contribution is 2.33. The van der Waals surface area contributed by atoms with Crippen LogP contribution in [0.25, 0.3) is 0 Å². The molecule has 0 radical (unpaired) electrons. The van der Waals surface area contributed by atoms with Gasteiger partial charge in [0.1, 0.15) is 18.0 Å². The predicted octanol–water partition coefficient (Wildman–Crippen LogP) is 4.47. The van der Waals surface area contributed by atoms with Crippen LogP contribution in [0.3, 0.4) is 0 Å². The second-order valence-corrected chi connectivity index (χ2v) is 11.5. The maximum atomic E-state index is 13.8. The van der Waals surface area contributed by atoms with Crippen LogP contribution in [0, 0.1) is 9.49 Å². The molecule has 0 saturated heterocycles. The first-order valence-corrected chi connectivity index (χ1v) is 14.5. The Hall–Kier alpha value is -2.14. The number of nitrogens with zero attached hydrogens (tertiary/aromatic N) is 1. The van der Waals surface area contributed by atoms with Gasteiger partial charge in [-0.3, -0.25) is 9.59 Å². The molecule has 1 fully saturated rings. The van der Waals surface area contributed by atoms with E-state index >= 15 is 0 Å². The Bertz CT molecular complexity index is 1140. The lowest BCUT2D eigenvalue weighted by molar-refractivity contribution is -0.140. The summed E-state index contributed by atoms with van der Waals surface area (Å²) in [6.45, 7) is 0.210. The number of nitrogens with one attached hydrogen (secondary N) is 1. The largest absolute Gasteiger partial charge is 0.482 e. The monoisotopic (exact) mass is 652 g/mol. The third kappa shape index (κ3) is 7.49. The zero-order valence-corrected chi connectivity index (χ0v) is 24.1. The van der Waals surface area contributed by atoms with Crippen LogP contribution in [-0.4, -0.2) is 58.3 Å². The lowest BCUT2D eigenvalue weighted by atomic mass is 9.87. The summed E-state index contributed by atoms with van der Waals surface area (Å²) in [5, 5.41) is 24.1. The molecule has 0 aliphatic heterocycles. The van der Waals surface area contributed by atoms with Crippen molar-refractivity contribution in [3.63, 3.8) is 0 Å². The molecule has 7 nitrogen and oxygen atoms in total. The van der Waals surface area contributed by atoms with E-state index < -0.39 is 18.2 Å². The van der Waals surface area contributed by atoms with E-state index in [0.29, 0.717) is 28.7 Å². The molecule has 2 aromatic carbocycles. The number of aliphatic hydroxyl groups excluding tert-OH is 2. The van der Waals surface area contributed by atoms with Crippen molar-refractivity contribution in [2.75, 3.05) is 13.2 Å². The van der Waals surface area contributed by atoms with Gasteiger partial charge in [0.25, 0.3) is 0 Å². The van der Waals surface area contributed by atoms with Crippen molar-refractivity contribution >= 4 is 46.0 Å². The quantitative estimate of drug-likeness (QED) is 0.329. The van der Waals surface area contributed by atoms with E-state index in [0.717, 1.165) is 34.8 Å². The number of ether oxygens (including phenoxy) is 1. The number of halogens is 2. The molecule has 0 bridgehead atoms. The molecular weight excluding hydrogens is 619 g/mol. The minimum atomic E-state index is -1.06. The number of rotatable bonds is 10. The highest BCUT2D eigenvalue weighted by atomic mass is 127. The molecule has 0 spiro atoms. The molecule has 3 atom stereocenters. The third-order valence-corrected chi connectivity index (χ3v) is 8.38. The SMILES string of the molecule is O=C(NCCO)C1=CC(Oc2ccccc2I)C(O)C(N(Cc2ccc(Cl)cc2)C(=O)CC2CCCC2)C1. The average molecular weight is 653 g/mol. The fourth-order valence-corrected chi connectivity index (χ4v) is 5.86. The summed E-state index contributed by atoms with van der Waals surface area (Å²) in [5.41, 5.74) is 1.30. The molecule has 9 heteroatoms. The topological polar surface area (TPSA) is 99.1 Å². The second kappa shape index (κ2) is 13.8. The Balaban J connectivity index is 1.66. The summed E-state index contributed by atoms with van der Waals surface area (Å²) in [6, 6.07) is 14.1. The van der Waals surface area contributed by atoms with Crippen LogP contribution in [-0.2, 0) is 16.1 Å². The Morgan fingerprint density at radius 1 is 1.11 bits per heavy atom. The number of carbonyl (C=O) groups is 2. The molecule has 2 amide bonds. The fourth-order valence-electron chi connectivity index (χ4n) is 5.22. The molecule has 2 aliphatic rings. The lowest BCUT2D eigenvalue weighted by Gasteiger charge is -2.41. The van der Waals surface area contributed by atoms with E-state index in [1.54, 1.807) is 23.1 Å². The van der Waals surface area contributed by atoms with Crippen LogP contribution in [0.2, 0.25) is 5.02 Å². The van der Waals surface area contributed by atoms with Crippen LogP contribution >= 0.6 is 34.2 Å². The maximum absolute atomic E-state index is 13.8. The van der Waals surface area contributed by atoms with Crippen molar-refractivity contribution in [2.45, 2.75) is 63.3 Å². The summed E-state index contributed by atoms with van der Waals surface area (Å²) in [6.07, 6.45) is 4.64. The van der Waals surface area contributed by atoms with E-state index in [1.807, 2.05) is 36.4 Å². The Morgan fingerprint density at radius 2 is 1.82 bits per heavy atom. The van der Waals surface area contributed by atoms with Gasteiger partial charge in [0.05, 0.1) is 16.2 Å². The van der Waals surface area contributed by atoms with Gasteiger partial charge in [-0.05, 0) is 77.3 Å². The number of hydrogen-bond acceptors (Lipinski definition) is 5. The van der Waals surface area contributed by atoms with Crippen molar-refractivity contribution in [2.24, 2.45) is 5.92 Å². The molecule has 2 aromatic rings. The van der Waals surface area contributed by atoms with Gasteiger partial charge in [-0.2, -0.15) is 0 Å². The first kappa shape index (κ1) is 28.9. The summed E-state index contributed by atoms with van der Waals surface area (Å²) < 4.78 is 7.09. The number of benzene rings is 2. The molecule has 3 unspecified atom stereocenters. The summed E-state index contributed by atoms with van der Waals surface area (Å²) in [7, 11) is 0. The molecule has 1 saturated carbocycles. The van der Waals surface area contributed by atoms with E-state index in [2.05, 4.69) is 27.9 Å². The summed E-state index contributed by atoms with van der Waals surface area (Å²) in [4.78, 5) is 28.5. The number of aliphatic hydroxyl groups is 2. The van der Waals surface area contributed by atoms with Crippen molar-refractivity contribution in [3.05, 3.63) is 74.3 Å². The van der Waals surface area contributed by atoms with Gasteiger partial charge in [0, 0.05) is 36.5 Å². The molecule has 204 valence electrons. The fraction of sp³-hybridized carbons (Fsp3) is 0.448. The first-order chi connectivity index (χ1) is 18.4. The highest BCUT2D eigenvalue weighted by Gasteiger charge is 2.41. The zero-order valence-electron chi connectivity index (χ0n) is 21.2. The van der Waals surface area contributed by atoms with Gasteiger partial charge < -0.3 is 25.2 Å². The minimum Gasteiger partial charge on any atom is -0.482 e. The third-order valence-electron chi connectivity index (χ3n) is 7.24. The number of amides is 2. The van der Waals surface area contributed by atoms with Gasteiger partial charge in [-0.1, -0.05) is 48.7 Å². The van der Waals surface area contributed by atoms with Crippen molar-refractivity contribution in [1.82, 2.24) is 10.2 Å². The minimum absolute atomic E-state index is 0.0408. The summed E-state index contributed by atoms with van der Waals surface area (Å²) in [5.74, 6) is 0.533. The van der Waals surface area contributed by atoms with E-state index in [1.165, 1.54) is 0 Å². The van der Waals surface area contributed by atoms with E-state index in [9.17, 15) is 19.8 Å². The van der Waals surface area contributed by atoms with Gasteiger partial charge >= 0.3 is 0 Å². The molecule has 2 aliphatic carbocycles. The zero-order chi connectivity index (χ0) is 27.1. The van der Waals surface area contributed by atoms with Crippen LogP contribution in [0.1, 0.15) is 44.1 Å². The standard InChI is InChI=1S/C29H34ClIN2O5/c30-22-11-9-20(10-12-22)18-33(27(35)15-19-5-1-2-6-19)24-16-21(29(37)32-13-14-34)17-26(28(24)36)38-25-8-4-3-7-23(25)31/h3-4,7-12,17,19,24,26,28,34,36H,1-2,5-6,13-16,18H2,(H,32,37). The Morgan fingerprint density at radius 3 is 2.50 bits per heavy atom. The van der Waals surface area contributed by atoms with Crippen LogP contribution in [0.15, 0.2) is 60.2 Å². The number of carbonyl (C=O) groups excluding carboxylic acids is 2. The Labute approximate surface area is 242 Å². The normalized spacial score (nSPS) is 21.6. The molecule has 38 heavy (non-hydrogen) atoms. The number of para-hydroxylation sites is 1. The Kier molecular flexibility index (Phi) is 10.5. The smallest absolute Gasteiger partial charge is 0.247 e. The van der Waals surface area contributed by atoms with Crippen molar-refractivity contribution in [1.29, 1.82) is 0 Å². The van der Waals surface area contributed by atoms with Crippen LogP contribution in [0.4, 0.5) is 0 Å². The van der Waals surface area contributed by atoms with Gasteiger partial charge in [0.15, 0.2) is 0 Å². The molecule has 0 heterocycles. The average Bonchev–Trinajstić information content (AvgIpc) is 3.42. The van der Waals surface area contributed by atoms with Crippen LogP contribution in [0.5, 0.6) is 5.75 Å². The van der Waals surface area contributed by atoms with Gasteiger partial charge in [-0.25, -0.2) is 0 Å². The predicted molar refractivity (Wildman–Crippen MR) is 155 cm³/mol. The van der Waals surface area contributed by atoms with Crippen molar-refractivity contribution in [3.8, 4) is 5.75 Å². The molecular formula is C29H34ClIN2O5. The highest BCUT2D eigenvalue weighted by molar-refractivity contribution is 14.1.